The normalized spacial score (nSPS) is 19.5. The molecule has 0 spiro atoms. The van der Waals surface area contributed by atoms with Crippen LogP contribution in [-0.4, -0.2) is 0 Å². The average molecular weight is 453 g/mol. The van der Waals surface area contributed by atoms with Gasteiger partial charge in [-0.05, 0) is 59.9 Å². The highest BCUT2D eigenvalue weighted by Gasteiger charge is 2.34. The average Bonchev–Trinajstić information content (AvgIpc) is 2.72. The van der Waals surface area contributed by atoms with Gasteiger partial charge < -0.3 is 0 Å². The van der Waals surface area contributed by atoms with E-state index in [1.807, 2.05) is 0 Å². The third kappa shape index (κ3) is 6.79. The Balaban J connectivity index is 1.53. The highest BCUT2D eigenvalue weighted by Crippen LogP contribution is 2.36. The van der Waals surface area contributed by atoms with Crippen molar-refractivity contribution < 1.29 is 22.0 Å². The van der Waals surface area contributed by atoms with Gasteiger partial charge in [0.2, 0.25) is 0 Å². The quantitative estimate of drug-likeness (QED) is 0.350. The van der Waals surface area contributed by atoms with Crippen LogP contribution in [0.5, 0.6) is 0 Å². The molecule has 0 N–H and O–H groups in total. The van der Waals surface area contributed by atoms with Crippen LogP contribution in [0.2, 0.25) is 0 Å². The molecule has 1 aliphatic rings. The molecule has 0 aromatic heterocycles. The molecule has 3 rings (SSSR count). The molecule has 0 radical (unpaired) electrons. The molecule has 176 valence electrons. The maximum Gasteiger partial charge on any atom is 0.419 e. The minimum absolute atomic E-state index is 0.107. The summed E-state index contributed by atoms with van der Waals surface area (Å²) in [6, 6.07) is 7.30. The minimum Gasteiger partial charge on any atom is -0.206 e. The van der Waals surface area contributed by atoms with Gasteiger partial charge in [-0.15, -0.1) is 0 Å². The molecular formula is C27H33F5. The first-order valence-electron chi connectivity index (χ1n) is 11.8. The molecule has 0 amide bonds. The second-order valence-corrected chi connectivity index (χ2v) is 9.76. The molecule has 2 aromatic carbocycles. The second-order valence-electron chi connectivity index (χ2n) is 9.76. The third-order valence-electron chi connectivity index (χ3n) is 6.82. The molecule has 0 atom stereocenters. The fraction of sp³-hybridized carbons (Fsp3) is 0.556. The largest absolute Gasteiger partial charge is 0.419 e. The molecule has 1 fully saturated rings. The Morgan fingerprint density at radius 2 is 1.50 bits per heavy atom. The van der Waals surface area contributed by atoms with Gasteiger partial charge >= 0.3 is 6.18 Å². The summed E-state index contributed by atoms with van der Waals surface area (Å²) in [5.41, 5.74) is -0.246. The van der Waals surface area contributed by atoms with Crippen molar-refractivity contribution in [3.8, 4) is 11.1 Å². The number of hydrogen-bond donors (Lipinski definition) is 0. The Hall–Kier alpha value is -1.91. The number of benzene rings is 2. The zero-order chi connectivity index (χ0) is 23.3. The van der Waals surface area contributed by atoms with Crippen molar-refractivity contribution in [1.29, 1.82) is 0 Å². The van der Waals surface area contributed by atoms with Crippen molar-refractivity contribution in [1.82, 2.24) is 0 Å². The van der Waals surface area contributed by atoms with Gasteiger partial charge in [0.15, 0.2) is 0 Å². The number of alkyl halides is 3. The smallest absolute Gasteiger partial charge is 0.206 e. The van der Waals surface area contributed by atoms with Crippen LogP contribution in [-0.2, 0) is 12.6 Å². The van der Waals surface area contributed by atoms with E-state index in [1.165, 1.54) is 51.0 Å². The molecule has 1 saturated carbocycles. The Bertz CT molecular complexity index is 876. The van der Waals surface area contributed by atoms with Crippen LogP contribution < -0.4 is 0 Å². The summed E-state index contributed by atoms with van der Waals surface area (Å²) < 4.78 is 66.7. The Labute approximate surface area is 188 Å². The number of halogens is 5. The lowest BCUT2D eigenvalue weighted by molar-refractivity contribution is -0.139. The lowest BCUT2D eigenvalue weighted by Crippen LogP contribution is -2.15. The van der Waals surface area contributed by atoms with Crippen LogP contribution in [0, 0.1) is 29.4 Å². The van der Waals surface area contributed by atoms with Gasteiger partial charge in [0, 0.05) is 5.56 Å². The number of aryl methyl sites for hydroxylation is 1. The van der Waals surface area contributed by atoms with Crippen molar-refractivity contribution >= 4 is 0 Å². The van der Waals surface area contributed by atoms with Gasteiger partial charge in [-0.25, -0.2) is 8.78 Å². The van der Waals surface area contributed by atoms with E-state index >= 15 is 0 Å². The van der Waals surface area contributed by atoms with Crippen LogP contribution in [0.1, 0.15) is 76.3 Å². The maximum atomic E-state index is 14.6. The van der Waals surface area contributed by atoms with Crippen LogP contribution in [0.4, 0.5) is 22.0 Å². The summed E-state index contributed by atoms with van der Waals surface area (Å²) in [4.78, 5) is 0. The predicted octanol–water partition coefficient (Wildman–Crippen LogP) is 9.22. The fourth-order valence-electron chi connectivity index (χ4n) is 4.86. The maximum absolute atomic E-state index is 14.6. The molecule has 0 heterocycles. The van der Waals surface area contributed by atoms with Crippen molar-refractivity contribution in [2.24, 2.45) is 17.8 Å². The van der Waals surface area contributed by atoms with E-state index < -0.39 is 23.4 Å². The van der Waals surface area contributed by atoms with E-state index in [9.17, 15) is 22.0 Å². The van der Waals surface area contributed by atoms with E-state index in [1.54, 1.807) is 12.1 Å². The zero-order valence-electron chi connectivity index (χ0n) is 18.9. The van der Waals surface area contributed by atoms with E-state index in [2.05, 4.69) is 13.8 Å². The topological polar surface area (TPSA) is 0 Å². The molecule has 32 heavy (non-hydrogen) atoms. The second kappa shape index (κ2) is 10.8. The summed E-state index contributed by atoms with van der Waals surface area (Å²) >= 11 is 0. The third-order valence-corrected chi connectivity index (χ3v) is 6.82. The van der Waals surface area contributed by atoms with Gasteiger partial charge in [0.05, 0.1) is 5.56 Å². The first-order valence-corrected chi connectivity index (χ1v) is 11.8. The summed E-state index contributed by atoms with van der Waals surface area (Å²) in [5.74, 6) is 0.374. The highest BCUT2D eigenvalue weighted by molar-refractivity contribution is 5.65. The Kier molecular flexibility index (Phi) is 8.35. The van der Waals surface area contributed by atoms with Crippen molar-refractivity contribution in [3.63, 3.8) is 0 Å². The SMILES string of the molecule is CC(C)CCCC1CCC(CCc2ccc(-c3ccc(C(F)(F)F)c(F)c3)c(F)c2)CC1. The molecule has 0 bridgehead atoms. The summed E-state index contributed by atoms with van der Waals surface area (Å²) in [5, 5.41) is 0. The molecule has 0 aliphatic heterocycles. The minimum atomic E-state index is -4.77. The number of hydrogen-bond acceptors (Lipinski definition) is 0. The molecule has 0 saturated heterocycles. The summed E-state index contributed by atoms with van der Waals surface area (Å²) in [6.45, 7) is 4.54. The van der Waals surface area contributed by atoms with Gasteiger partial charge in [0.1, 0.15) is 11.6 Å². The van der Waals surface area contributed by atoms with Crippen molar-refractivity contribution in [2.75, 3.05) is 0 Å². The Morgan fingerprint density at radius 3 is 2.06 bits per heavy atom. The molecular weight excluding hydrogens is 419 g/mol. The molecule has 0 unspecified atom stereocenters. The fourth-order valence-corrected chi connectivity index (χ4v) is 4.86. The molecule has 0 nitrogen and oxygen atoms in total. The molecule has 5 heteroatoms. The van der Waals surface area contributed by atoms with Crippen LogP contribution in [0.25, 0.3) is 11.1 Å². The lowest BCUT2D eigenvalue weighted by atomic mass is 9.77. The van der Waals surface area contributed by atoms with E-state index in [0.717, 1.165) is 42.4 Å². The Morgan fingerprint density at radius 1 is 0.844 bits per heavy atom. The monoisotopic (exact) mass is 452 g/mol. The highest BCUT2D eigenvalue weighted by atomic mass is 19.4. The zero-order valence-corrected chi connectivity index (χ0v) is 18.9. The first kappa shape index (κ1) is 24.7. The van der Waals surface area contributed by atoms with Gasteiger partial charge in [0.25, 0.3) is 0 Å². The van der Waals surface area contributed by atoms with Gasteiger partial charge in [-0.1, -0.05) is 77.0 Å². The molecule has 2 aromatic rings. The van der Waals surface area contributed by atoms with Gasteiger partial charge in [-0.3, -0.25) is 0 Å². The van der Waals surface area contributed by atoms with Crippen molar-refractivity contribution in [2.45, 2.75) is 77.8 Å². The van der Waals surface area contributed by atoms with Crippen LogP contribution in [0.15, 0.2) is 36.4 Å². The van der Waals surface area contributed by atoms with E-state index in [-0.39, 0.29) is 11.1 Å². The lowest BCUT2D eigenvalue weighted by Gasteiger charge is -2.28. The number of rotatable bonds is 8. The van der Waals surface area contributed by atoms with E-state index in [4.69, 9.17) is 0 Å². The summed E-state index contributed by atoms with van der Waals surface area (Å²) in [7, 11) is 0. The van der Waals surface area contributed by atoms with Crippen molar-refractivity contribution in [3.05, 3.63) is 59.2 Å². The first-order chi connectivity index (χ1) is 15.1. The van der Waals surface area contributed by atoms with Crippen LogP contribution >= 0.6 is 0 Å². The standard InChI is InChI=1S/C27H33F5/c1-18(2)4-3-5-19-6-8-20(9-7-19)10-11-21-12-14-23(25(28)16-21)22-13-15-24(26(29)17-22)27(30,31)32/h12-20H,3-11H2,1-2H3. The van der Waals surface area contributed by atoms with E-state index in [0.29, 0.717) is 12.0 Å². The van der Waals surface area contributed by atoms with Crippen LogP contribution in [0.3, 0.4) is 0 Å². The van der Waals surface area contributed by atoms with Gasteiger partial charge in [-0.2, -0.15) is 13.2 Å². The summed E-state index contributed by atoms with van der Waals surface area (Å²) in [6.07, 6.45) is 6.04. The predicted molar refractivity (Wildman–Crippen MR) is 119 cm³/mol. The molecule has 1 aliphatic carbocycles.